The van der Waals surface area contributed by atoms with Crippen LogP contribution in [0.25, 0.3) is 15.3 Å². The first kappa shape index (κ1) is 19.0. The number of anilines is 1. The van der Waals surface area contributed by atoms with Crippen molar-refractivity contribution in [3.05, 3.63) is 64.1 Å². The third-order valence-corrected chi connectivity index (χ3v) is 6.54. The fourth-order valence-corrected chi connectivity index (χ4v) is 5.13. The van der Waals surface area contributed by atoms with Gasteiger partial charge in [-0.3, -0.25) is 4.79 Å². The summed E-state index contributed by atoms with van der Waals surface area (Å²) in [5, 5.41) is 8.41. The van der Waals surface area contributed by atoms with Crippen molar-refractivity contribution >= 4 is 44.9 Å². The fraction of sp³-hybridized carbons (Fsp3) is 0.190. The zero-order chi connectivity index (χ0) is 21.0. The third kappa shape index (κ3) is 2.95. The molecule has 1 N–H and O–H groups in total. The second kappa shape index (κ2) is 7.07. The van der Waals surface area contributed by atoms with Crippen LogP contribution in [-0.2, 0) is 4.79 Å². The Bertz CT molecular complexity index is 1300. The Labute approximate surface area is 180 Å². The summed E-state index contributed by atoms with van der Waals surface area (Å²) in [6.45, 7) is 1.84. The Hall–Kier alpha value is -2.97. The van der Waals surface area contributed by atoms with Gasteiger partial charge >= 0.3 is 0 Å². The highest BCUT2D eigenvalue weighted by atomic mass is 35.5. The van der Waals surface area contributed by atoms with Crippen LogP contribution in [0.5, 0.6) is 5.75 Å². The molecule has 1 aliphatic heterocycles. The number of hydrogen-bond donors (Lipinski definition) is 1. The molecule has 6 nitrogen and oxygen atoms in total. The van der Waals surface area contributed by atoms with Crippen LogP contribution in [0.1, 0.15) is 29.2 Å². The van der Waals surface area contributed by atoms with Crippen molar-refractivity contribution in [1.29, 1.82) is 0 Å². The van der Waals surface area contributed by atoms with Crippen LogP contribution in [0.3, 0.4) is 0 Å². The number of aryl methyl sites for hydroxylation is 1. The van der Waals surface area contributed by atoms with Gasteiger partial charge in [0.25, 0.3) is 0 Å². The number of hydrogen-bond acceptors (Lipinski definition) is 5. The molecule has 0 bridgehead atoms. The number of rotatable bonds is 3. The number of carbonyl (C=O) groups is 1. The van der Waals surface area contributed by atoms with E-state index in [1.807, 2.05) is 25.1 Å². The predicted octanol–water partition coefficient (Wildman–Crippen LogP) is 5.07. The summed E-state index contributed by atoms with van der Waals surface area (Å²) in [5.41, 5.74) is 2.55. The smallest absolute Gasteiger partial charge is 0.226 e. The molecule has 1 aliphatic rings. The van der Waals surface area contributed by atoms with Gasteiger partial charge < -0.3 is 10.1 Å². The Morgan fingerprint density at radius 1 is 1.30 bits per heavy atom. The van der Waals surface area contributed by atoms with E-state index in [1.165, 1.54) is 17.4 Å². The number of aromatic nitrogens is 3. The van der Waals surface area contributed by atoms with Crippen LogP contribution in [0.4, 0.5) is 10.2 Å². The lowest BCUT2D eigenvalue weighted by Crippen LogP contribution is -2.25. The molecule has 2 aromatic carbocycles. The average Bonchev–Trinajstić information content (AvgIpc) is 3.27. The molecule has 152 valence electrons. The summed E-state index contributed by atoms with van der Waals surface area (Å²) in [4.78, 5) is 17.2. The van der Waals surface area contributed by atoms with Crippen molar-refractivity contribution in [2.75, 3.05) is 12.4 Å². The Balaban J connectivity index is 1.69. The van der Waals surface area contributed by atoms with E-state index >= 15 is 0 Å². The SMILES string of the molecule is COc1ccc2nc(-n3nc(C)c4c3NC(=O)C[C@@H]4c3c(F)cccc3Cl)sc2c1. The Morgan fingerprint density at radius 3 is 2.90 bits per heavy atom. The maximum absolute atomic E-state index is 14.7. The van der Waals surface area contributed by atoms with Gasteiger partial charge in [-0.15, -0.1) is 0 Å². The van der Waals surface area contributed by atoms with Crippen molar-refractivity contribution in [3.8, 4) is 10.9 Å². The standard InChI is InChI=1S/C21H16ClFN4O2S/c1-10-18-12(19-13(22)4-3-5-14(19)23)9-17(28)25-20(18)27(26-10)21-24-15-7-6-11(29-2)8-16(15)30-21/h3-8,12H,9H2,1-2H3,(H,25,28)/t12-/m0/s1. The maximum atomic E-state index is 14.7. The molecule has 9 heteroatoms. The molecule has 0 unspecified atom stereocenters. The molecular weight excluding hydrogens is 427 g/mol. The summed E-state index contributed by atoms with van der Waals surface area (Å²) in [5.74, 6) is 0.0480. The molecule has 1 atom stereocenters. The van der Waals surface area contributed by atoms with Crippen molar-refractivity contribution in [1.82, 2.24) is 14.8 Å². The monoisotopic (exact) mass is 442 g/mol. The summed E-state index contributed by atoms with van der Waals surface area (Å²) in [6, 6.07) is 10.2. The molecule has 0 saturated carbocycles. The average molecular weight is 443 g/mol. The number of fused-ring (bicyclic) bond motifs is 2. The largest absolute Gasteiger partial charge is 0.497 e. The van der Waals surface area contributed by atoms with Crippen LogP contribution in [-0.4, -0.2) is 27.8 Å². The molecule has 0 spiro atoms. The highest BCUT2D eigenvalue weighted by Crippen LogP contribution is 2.43. The van der Waals surface area contributed by atoms with Crippen molar-refractivity contribution in [2.45, 2.75) is 19.3 Å². The van der Waals surface area contributed by atoms with Crippen LogP contribution in [0, 0.1) is 12.7 Å². The van der Waals surface area contributed by atoms with Crippen molar-refractivity contribution < 1.29 is 13.9 Å². The third-order valence-electron chi connectivity index (χ3n) is 5.22. The number of nitrogens with zero attached hydrogens (tertiary/aromatic N) is 3. The zero-order valence-corrected chi connectivity index (χ0v) is 17.6. The maximum Gasteiger partial charge on any atom is 0.226 e. The van der Waals surface area contributed by atoms with E-state index in [-0.39, 0.29) is 12.3 Å². The van der Waals surface area contributed by atoms with Crippen molar-refractivity contribution in [3.63, 3.8) is 0 Å². The second-order valence-corrected chi connectivity index (χ2v) is 8.45. The van der Waals surface area contributed by atoms with E-state index in [4.69, 9.17) is 16.3 Å². The summed E-state index contributed by atoms with van der Waals surface area (Å²) >= 11 is 7.74. The summed E-state index contributed by atoms with van der Waals surface area (Å²) in [7, 11) is 1.61. The number of halogens is 2. The minimum atomic E-state index is -0.523. The van der Waals surface area contributed by atoms with E-state index < -0.39 is 11.7 Å². The molecule has 0 saturated heterocycles. The first-order valence-corrected chi connectivity index (χ1v) is 10.4. The van der Waals surface area contributed by atoms with E-state index in [2.05, 4.69) is 15.4 Å². The Kier molecular flexibility index (Phi) is 4.48. The molecule has 0 fully saturated rings. The molecule has 5 rings (SSSR count). The lowest BCUT2D eigenvalue weighted by atomic mass is 9.85. The van der Waals surface area contributed by atoms with Crippen LogP contribution < -0.4 is 10.1 Å². The number of ether oxygens (including phenoxy) is 1. The van der Waals surface area contributed by atoms with E-state index in [0.717, 1.165) is 21.5 Å². The van der Waals surface area contributed by atoms with Gasteiger partial charge in [-0.25, -0.2) is 9.37 Å². The van der Waals surface area contributed by atoms with Gasteiger partial charge in [0, 0.05) is 28.5 Å². The lowest BCUT2D eigenvalue weighted by molar-refractivity contribution is -0.116. The van der Waals surface area contributed by atoms with E-state index in [9.17, 15) is 9.18 Å². The summed E-state index contributed by atoms with van der Waals surface area (Å²) < 4.78 is 22.5. The predicted molar refractivity (Wildman–Crippen MR) is 115 cm³/mol. The molecule has 2 aromatic heterocycles. The van der Waals surface area contributed by atoms with Gasteiger partial charge in [0.15, 0.2) is 0 Å². The van der Waals surface area contributed by atoms with Crippen LogP contribution >= 0.6 is 22.9 Å². The van der Waals surface area contributed by atoms with Gasteiger partial charge in [0.1, 0.15) is 17.4 Å². The minimum Gasteiger partial charge on any atom is -0.497 e. The van der Waals surface area contributed by atoms with Crippen molar-refractivity contribution in [2.24, 2.45) is 0 Å². The topological polar surface area (TPSA) is 69.0 Å². The normalized spacial score (nSPS) is 15.9. The molecule has 0 radical (unpaired) electrons. The quantitative estimate of drug-likeness (QED) is 0.481. The number of carbonyl (C=O) groups excluding carboxylic acids is 1. The molecule has 30 heavy (non-hydrogen) atoms. The van der Waals surface area contributed by atoms with Gasteiger partial charge in [0.2, 0.25) is 11.0 Å². The lowest BCUT2D eigenvalue weighted by Gasteiger charge is -2.25. The molecule has 0 aliphatic carbocycles. The highest BCUT2D eigenvalue weighted by molar-refractivity contribution is 7.20. The van der Waals surface area contributed by atoms with Crippen LogP contribution in [0.15, 0.2) is 36.4 Å². The zero-order valence-electron chi connectivity index (χ0n) is 16.1. The molecular formula is C21H16ClFN4O2S. The fourth-order valence-electron chi connectivity index (χ4n) is 3.89. The number of methoxy groups -OCH3 is 1. The van der Waals surface area contributed by atoms with E-state index in [1.54, 1.807) is 23.9 Å². The summed E-state index contributed by atoms with van der Waals surface area (Å²) in [6.07, 6.45) is 0.0945. The van der Waals surface area contributed by atoms with E-state index in [0.29, 0.717) is 27.2 Å². The molecule has 4 aromatic rings. The first-order valence-electron chi connectivity index (χ1n) is 9.24. The number of benzene rings is 2. The first-order chi connectivity index (χ1) is 14.5. The number of thiazole rings is 1. The molecule has 1 amide bonds. The van der Waals surface area contributed by atoms with Gasteiger partial charge in [-0.1, -0.05) is 29.0 Å². The van der Waals surface area contributed by atoms with Crippen LogP contribution in [0.2, 0.25) is 5.02 Å². The number of amides is 1. The number of nitrogens with one attached hydrogen (secondary N) is 1. The van der Waals surface area contributed by atoms with Gasteiger partial charge in [-0.05, 0) is 37.3 Å². The van der Waals surface area contributed by atoms with Gasteiger partial charge in [0.05, 0.1) is 23.0 Å². The highest BCUT2D eigenvalue weighted by Gasteiger charge is 2.35. The minimum absolute atomic E-state index is 0.0945. The van der Waals surface area contributed by atoms with Gasteiger partial charge in [-0.2, -0.15) is 9.78 Å². The Morgan fingerprint density at radius 2 is 2.13 bits per heavy atom. The second-order valence-electron chi connectivity index (χ2n) is 7.03. The molecule has 3 heterocycles.